The van der Waals surface area contributed by atoms with Gasteiger partial charge in [0.25, 0.3) is 11.5 Å². The van der Waals surface area contributed by atoms with Gasteiger partial charge in [0.05, 0.1) is 11.9 Å². The van der Waals surface area contributed by atoms with Gasteiger partial charge in [-0.2, -0.15) is 0 Å². The summed E-state index contributed by atoms with van der Waals surface area (Å²) in [5.41, 5.74) is 2.23. The highest BCUT2D eigenvalue weighted by Crippen LogP contribution is 2.19. The molecule has 0 bridgehead atoms. The van der Waals surface area contributed by atoms with Gasteiger partial charge in [0.15, 0.2) is 6.10 Å². The van der Waals surface area contributed by atoms with E-state index < -0.39 is 6.10 Å². The fourth-order valence-corrected chi connectivity index (χ4v) is 3.73. The molecular formula is C25H22N2O4. The summed E-state index contributed by atoms with van der Waals surface area (Å²) >= 11 is 0. The number of nitrogens with zero attached hydrogens (tertiary/aromatic N) is 1. The van der Waals surface area contributed by atoms with E-state index in [-0.39, 0.29) is 30.4 Å². The zero-order chi connectivity index (χ0) is 21.8. The number of esters is 1. The number of para-hydroxylation sites is 1. The molecule has 1 atom stereocenters. The minimum Gasteiger partial charge on any atom is -0.452 e. The molecule has 0 saturated carbocycles. The molecule has 1 unspecified atom stereocenters. The third-order valence-electron chi connectivity index (χ3n) is 5.25. The van der Waals surface area contributed by atoms with E-state index in [2.05, 4.69) is 17.2 Å². The molecule has 1 aliphatic rings. The standard InChI is InChI=1S/C25H22N2O4/c1-2-19-16-18-9-6-8-17(10-7-15-26-24(29)21-13-14-22(28)31-21)23(18)25(30)27(19)20-11-4-3-5-12-20/h3-6,8-9,11-12,16,21H,2,13-15H2,1H3,(H,26,29). The van der Waals surface area contributed by atoms with E-state index in [0.717, 1.165) is 16.8 Å². The predicted octanol–water partition coefficient (Wildman–Crippen LogP) is 2.73. The Morgan fingerprint density at radius 1 is 1.16 bits per heavy atom. The Hall–Kier alpha value is -3.85. The molecule has 2 heterocycles. The number of benzene rings is 2. The van der Waals surface area contributed by atoms with Gasteiger partial charge in [0, 0.05) is 29.8 Å². The highest BCUT2D eigenvalue weighted by atomic mass is 16.6. The summed E-state index contributed by atoms with van der Waals surface area (Å²) in [5, 5.41) is 4.04. The van der Waals surface area contributed by atoms with Crippen LogP contribution in [0.15, 0.2) is 59.4 Å². The van der Waals surface area contributed by atoms with Crippen molar-refractivity contribution in [2.45, 2.75) is 32.3 Å². The van der Waals surface area contributed by atoms with Crippen molar-refractivity contribution in [1.82, 2.24) is 9.88 Å². The topological polar surface area (TPSA) is 77.4 Å². The molecule has 0 aliphatic carbocycles. The Kier molecular flexibility index (Phi) is 5.85. The molecule has 4 rings (SSSR count). The van der Waals surface area contributed by atoms with E-state index in [9.17, 15) is 14.4 Å². The number of carbonyl (C=O) groups is 2. The second kappa shape index (κ2) is 8.88. The minimum atomic E-state index is -0.739. The Balaban J connectivity index is 1.65. The number of amides is 1. The Bertz CT molecular complexity index is 1270. The molecule has 1 aromatic heterocycles. The third kappa shape index (κ3) is 4.22. The monoisotopic (exact) mass is 414 g/mol. The van der Waals surface area contributed by atoms with Crippen molar-refractivity contribution >= 4 is 22.6 Å². The summed E-state index contributed by atoms with van der Waals surface area (Å²) in [4.78, 5) is 36.6. The number of aryl methyl sites for hydroxylation is 1. The number of carbonyl (C=O) groups excluding carboxylic acids is 2. The van der Waals surface area contributed by atoms with Crippen molar-refractivity contribution in [3.8, 4) is 17.5 Å². The summed E-state index contributed by atoms with van der Waals surface area (Å²) in [6.45, 7) is 2.12. The highest BCUT2D eigenvalue weighted by Gasteiger charge is 2.29. The smallest absolute Gasteiger partial charge is 0.306 e. The Morgan fingerprint density at radius 2 is 1.97 bits per heavy atom. The van der Waals surface area contributed by atoms with Crippen LogP contribution in [0.5, 0.6) is 0 Å². The lowest BCUT2D eigenvalue weighted by Crippen LogP contribution is -2.34. The van der Waals surface area contributed by atoms with Crippen LogP contribution in [-0.4, -0.2) is 29.1 Å². The fraction of sp³-hybridized carbons (Fsp3) is 0.240. The van der Waals surface area contributed by atoms with Crippen LogP contribution in [0.3, 0.4) is 0 Å². The van der Waals surface area contributed by atoms with Crippen LogP contribution in [0.4, 0.5) is 0 Å². The van der Waals surface area contributed by atoms with Crippen LogP contribution in [-0.2, 0) is 20.7 Å². The summed E-state index contributed by atoms with van der Waals surface area (Å²) in [5.74, 6) is 5.21. The lowest BCUT2D eigenvalue weighted by Gasteiger charge is -2.14. The van der Waals surface area contributed by atoms with Gasteiger partial charge >= 0.3 is 5.97 Å². The van der Waals surface area contributed by atoms with Gasteiger partial charge in [-0.3, -0.25) is 19.0 Å². The average molecular weight is 414 g/mol. The van der Waals surface area contributed by atoms with Crippen LogP contribution in [0.25, 0.3) is 16.5 Å². The van der Waals surface area contributed by atoms with Crippen molar-refractivity contribution in [3.05, 3.63) is 76.2 Å². The lowest BCUT2D eigenvalue weighted by molar-refractivity contribution is -0.148. The number of pyridine rings is 1. The first-order valence-corrected chi connectivity index (χ1v) is 10.3. The van der Waals surface area contributed by atoms with Crippen LogP contribution in [0, 0.1) is 11.8 Å². The maximum atomic E-state index is 13.5. The average Bonchev–Trinajstić information content (AvgIpc) is 3.23. The molecule has 1 aliphatic heterocycles. The molecule has 0 spiro atoms. The molecule has 31 heavy (non-hydrogen) atoms. The van der Waals surface area contributed by atoms with Gasteiger partial charge in [0.2, 0.25) is 0 Å². The SMILES string of the molecule is CCc1cc2cccc(C#CCNC(=O)C3CCC(=O)O3)c2c(=O)n1-c1ccccc1. The molecular weight excluding hydrogens is 392 g/mol. The molecule has 0 radical (unpaired) electrons. The normalized spacial score (nSPS) is 15.3. The maximum Gasteiger partial charge on any atom is 0.306 e. The van der Waals surface area contributed by atoms with E-state index in [1.54, 1.807) is 10.6 Å². The molecule has 2 aromatic carbocycles. The van der Waals surface area contributed by atoms with E-state index >= 15 is 0 Å². The zero-order valence-corrected chi connectivity index (χ0v) is 17.2. The first-order chi connectivity index (χ1) is 15.1. The number of hydrogen-bond acceptors (Lipinski definition) is 4. The maximum absolute atomic E-state index is 13.5. The van der Waals surface area contributed by atoms with Gasteiger partial charge < -0.3 is 10.1 Å². The molecule has 6 heteroatoms. The van der Waals surface area contributed by atoms with Gasteiger partial charge in [-0.1, -0.05) is 49.1 Å². The molecule has 1 fully saturated rings. The zero-order valence-electron chi connectivity index (χ0n) is 17.2. The quantitative estimate of drug-likeness (QED) is 0.526. The molecule has 1 N–H and O–H groups in total. The number of hydrogen-bond donors (Lipinski definition) is 1. The van der Waals surface area contributed by atoms with Crippen molar-refractivity contribution in [3.63, 3.8) is 0 Å². The lowest BCUT2D eigenvalue weighted by atomic mass is 10.0. The summed E-state index contributed by atoms with van der Waals surface area (Å²) < 4.78 is 6.67. The highest BCUT2D eigenvalue weighted by molar-refractivity contribution is 5.88. The van der Waals surface area contributed by atoms with Crippen LogP contribution < -0.4 is 10.9 Å². The van der Waals surface area contributed by atoms with E-state index in [4.69, 9.17) is 4.74 Å². The minimum absolute atomic E-state index is 0.100. The largest absolute Gasteiger partial charge is 0.452 e. The number of cyclic esters (lactones) is 1. The van der Waals surface area contributed by atoms with Crippen LogP contribution in [0.1, 0.15) is 31.0 Å². The second-order valence-electron chi connectivity index (χ2n) is 7.27. The van der Waals surface area contributed by atoms with Gasteiger partial charge in [-0.25, -0.2) is 0 Å². The number of fused-ring (bicyclic) bond motifs is 1. The first-order valence-electron chi connectivity index (χ1n) is 10.3. The van der Waals surface area contributed by atoms with Crippen molar-refractivity contribution in [2.75, 3.05) is 6.54 Å². The van der Waals surface area contributed by atoms with E-state index in [1.807, 2.05) is 55.5 Å². The van der Waals surface area contributed by atoms with Crippen LogP contribution >= 0.6 is 0 Å². The summed E-state index contributed by atoms with van der Waals surface area (Å²) in [6, 6.07) is 17.1. The van der Waals surface area contributed by atoms with Gasteiger partial charge in [-0.15, -0.1) is 0 Å². The summed E-state index contributed by atoms with van der Waals surface area (Å²) in [6.07, 6.45) is 0.624. The molecule has 3 aromatic rings. The van der Waals surface area contributed by atoms with Gasteiger partial charge in [-0.05, 0) is 36.1 Å². The molecule has 6 nitrogen and oxygen atoms in total. The van der Waals surface area contributed by atoms with E-state index in [0.29, 0.717) is 23.8 Å². The predicted molar refractivity (Wildman–Crippen MR) is 118 cm³/mol. The van der Waals surface area contributed by atoms with Crippen molar-refractivity contribution in [2.24, 2.45) is 0 Å². The van der Waals surface area contributed by atoms with Crippen molar-refractivity contribution in [1.29, 1.82) is 0 Å². The Labute approximate surface area is 179 Å². The van der Waals surface area contributed by atoms with Gasteiger partial charge in [0.1, 0.15) is 0 Å². The number of ether oxygens (including phenoxy) is 1. The second-order valence-corrected chi connectivity index (χ2v) is 7.27. The van der Waals surface area contributed by atoms with Crippen molar-refractivity contribution < 1.29 is 14.3 Å². The molecule has 1 saturated heterocycles. The first kappa shape index (κ1) is 20.4. The Morgan fingerprint density at radius 3 is 2.68 bits per heavy atom. The fourth-order valence-electron chi connectivity index (χ4n) is 3.73. The molecule has 156 valence electrons. The number of rotatable bonds is 4. The van der Waals surface area contributed by atoms with E-state index in [1.165, 1.54) is 0 Å². The summed E-state index contributed by atoms with van der Waals surface area (Å²) in [7, 11) is 0. The third-order valence-corrected chi connectivity index (χ3v) is 5.25. The van der Waals surface area contributed by atoms with Crippen LogP contribution in [0.2, 0.25) is 0 Å². The number of nitrogens with one attached hydrogen (secondary N) is 1. The number of aromatic nitrogens is 1. The molecule has 1 amide bonds.